The predicted octanol–water partition coefficient (Wildman–Crippen LogP) is 0.660. The third kappa shape index (κ3) is 9.09. The molecule has 0 bridgehead atoms. The first-order valence-electron chi connectivity index (χ1n) is 6.12. The van der Waals surface area contributed by atoms with E-state index in [1.165, 1.54) is 0 Å². The van der Waals surface area contributed by atoms with E-state index in [4.69, 9.17) is 14.6 Å². The molecule has 5 heteroatoms. The van der Waals surface area contributed by atoms with Gasteiger partial charge in [-0.15, -0.1) is 0 Å². The minimum absolute atomic E-state index is 0.131. The lowest BCUT2D eigenvalue weighted by atomic mass is 10.2. The molecular weight excluding hydrogens is 222 g/mol. The fourth-order valence-corrected chi connectivity index (χ4v) is 1.51. The average molecular weight is 247 g/mol. The summed E-state index contributed by atoms with van der Waals surface area (Å²) in [6.07, 6.45) is 2.76. The smallest absolute Gasteiger partial charge is 0.222 e. The molecule has 0 heterocycles. The van der Waals surface area contributed by atoms with Gasteiger partial charge in [-0.1, -0.05) is 0 Å². The zero-order valence-electron chi connectivity index (χ0n) is 11.0. The number of rotatable bonds is 11. The molecule has 0 fully saturated rings. The van der Waals surface area contributed by atoms with Crippen LogP contribution in [0.1, 0.15) is 25.7 Å². The summed E-state index contributed by atoms with van der Waals surface area (Å²) in [7, 11) is 3.28. The first kappa shape index (κ1) is 16.4. The van der Waals surface area contributed by atoms with Crippen LogP contribution in [-0.4, -0.2) is 63.0 Å². The summed E-state index contributed by atoms with van der Waals surface area (Å²) >= 11 is 0. The monoisotopic (exact) mass is 247 g/mol. The fourth-order valence-electron chi connectivity index (χ4n) is 1.51. The molecule has 0 spiro atoms. The standard InChI is InChI=1S/C12H25NO4/c1-16-10-5-7-13(8-11-17-2)12(15)6-3-4-9-14/h14H,3-11H2,1-2H3. The maximum absolute atomic E-state index is 11.9. The Morgan fingerprint density at radius 1 is 1.06 bits per heavy atom. The summed E-state index contributed by atoms with van der Waals surface area (Å²) in [6, 6.07) is 0. The molecule has 0 aromatic carbocycles. The summed E-state index contributed by atoms with van der Waals surface area (Å²) in [5.41, 5.74) is 0. The van der Waals surface area contributed by atoms with Gasteiger partial charge < -0.3 is 19.5 Å². The van der Waals surface area contributed by atoms with Gasteiger partial charge in [-0.05, 0) is 19.3 Å². The fraction of sp³-hybridized carbons (Fsp3) is 0.917. The van der Waals surface area contributed by atoms with E-state index >= 15 is 0 Å². The Labute approximate surface area is 104 Å². The number of amides is 1. The molecule has 0 aliphatic rings. The summed E-state index contributed by atoms with van der Waals surface area (Å²) in [5, 5.41) is 8.67. The van der Waals surface area contributed by atoms with Crippen LogP contribution in [0.25, 0.3) is 0 Å². The van der Waals surface area contributed by atoms with Gasteiger partial charge in [-0.3, -0.25) is 4.79 Å². The highest BCUT2D eigenvalue weighted by Crippen LogP contribution is 2.02. The van der Waals surface area contributed by atoms with E-state index in [-0.39, 0.29) is 12.5 Å². The Morgan fingerprint density at radius 2 is 1.76 bits per heavy atom. The Morgan fingerprint density at radius 3 is 2.35 bits per heavy atom. The second-order valence-corrected chi connectivity index (χ2v) is 3.90. The minimum atomic E-state index is 0.131. The number of aliphatic hydroxyl groups is 1. The highest BCUT2D eigenvalue weighted by Gasteiger charge is 2.12. The van der Waals surface area contributed by atoms with Crippen molar-refractivity contribution in [3.8, 4) is 0 Å². The summed E-state index contributed by atoms with van der Waals surface area (Å²) in [6.45, 7) is 2.69. The number of unbranched alkanes of at least 4 members (excludes halogenated alkanes) is 1. The van der Waals surface area contributed by atoms with Crippen LogP contribution in [0.2, 0.25) is 0 Å². The number of hydrogen-bond donors (Lipinski definition) is 1. The molecule has 0 radical (unpaired) electrons. The van der Waals surface area contributed by atoms with Crippen LogP contribution in [0, 0.1) is 0 Å². The van der Waals surface area contributed by atoms with Crippen molar-refractivity contribution in [1.82, 2.24) is 4.90 Å². The second-order valence-electron chi connectivity index (χ2n) is 3.90. The average Bonchev–Trinajstić information content (AvgIpc) is 2.33. The quantitative estimate of drug-likeness (QED) is 0.545. The molecule has 0 saturated heterocycles. The van der Waals surface area contributed by atoms with Crippen molar-refractivity contribution in [3.05, 3.63) is 0 Å². The Hall–Kier alpha value is -0.650. The molecule has 0 atom stereocenters. The van der Waals surface area contributed by atoms with Crippen LogP contribution in [0.4, 0.5) is 0 Å². The van der Waals surface area contributed by atoms with Crippen molar-refractivity contribution in [2.45, 2.75) is 25.7 Å². The molecule has 0 unspecified atom stereocenters. The summed E-state index contributed by atoms with van der Waals surface area (Å²) in [4.78, 5) is 13.7. The number of carbonyl (C=O) groups is 1. The first-order valence-corrected chi connectivity index (χ1v) is 6.12. The molecule has 102 valence electrons. The van der Waals surface area contributed by atoms with Crippen molar-refractivity contribution < 1.29 is 19.4 Å². The summed E-state index contributed by atoms with van der Waals surface area (Å²) in [5.74, 6) is 0.131. The molecule has 0 saturated carbocycles. The number of methoxy groups -OCH3 is 2. The zero-order valence-corrected chi connectivity index (χ0v) is 11.0. The lowest BCUT2D eigenvalue weighted by Crippen LogP contribution is -2.35. The van der Waals surface area contributed by atoms with Gasteiger partial charge in [-0.2, -0.15) is 0 Å². The van der Waals surface area contributed by atoms with E-state index in [0.717, 1.165) is 12.8 Å². The van der Waals surface area contributed by atoms with Gasteiger partial charge in [0, 0.05) is 46.9 Å². The number of hydrogen-bond acceptors (Lipinski definition) is 4. The number of nitrogens with zero attached hydrogens (tertiary/aromatic N) is 1. The number of carbonyl (C=O) groups excluding carboxylic acids is 1. The first-order chi connectivity index (χ1) is 8.26. The third-order valence-corrected chi connectivity index (χ3v) is 2.49. The highest BCUT2D eigenvalue weighted by atomic mass is 16.5. The van der Waals surface area contributed by atoms with Crippen LogP contribution in [0.15, 0.2) is 0 Å². The van der Waals surface area contributed by atoms with Crippen LogP contribution in [-0.2, 0) is 14.3 Å². The van der Waals surface area contributed by atoms with Gasteiger partial charge in [0.2, 0.25) is 5.91 Å². The number of aliphatic hydroxyl groups excluding tert-OH is 1. The van der Waals surface area contributed by atoms with Gasteiger partial charge in [0.1, 0.15) is 0 Å². The SMILES string of the molecule is COCCCN(CCOC)C(=O)CCCCO. The molecule has 0 aliphatic carbocycles. The van der Waals surface area contributed by atoms with Crippen LogP contribution in [0.5, 0.6) is 0 Å². The van der Waals surface area contributed by atoms with Gasteiger partial charge in [0.25, 0.3) is 0 Å². The molecule has 1 amide bonds. The maximum Gasteiger partial charge on any atom is 0.222 e. The van der Waals surface area contributed by atoms with Crippen molar-refractivity contribution in [1.29, 1.82) is 0 Å². The molecule has 1 N–H and O–H groups in total. The van der Waals surface area contributed by atoms with E-state index in [1.54, 1.807) is 19.1 Å². The summed E-state index contributed by atoms with van der Waals surface area (Å²) < 4.78 is 9.96. The van der Waals surface area contributed by atoms with E-state index in [2.05, 4.69) is 0 Å². The lowest BCUT2D eigenvalue weighted by molar-refractivity contribution is -0.132. The van der Waals surface area contributed by atoms with Crippen molar-refractivity contribution in [3.63, 3.8) is 0 Å². The molecule has 17 heavy (non-hydrogen) atoms. The molecule has 0 aliphatic heterocycles. The second kappa shape index (κ2) is 11.8. The Bertz CT molecular complexity index is 187. The lowest BCUT2D eigenvalue weighted by Gasteiger charge is -2.22. The van der Waals surface area contributed by atoms with E-state index in [9.17, 15) is 4.79 Å². The van der Waals surface area contributed by atoms with Crippen LogP contribution >= 0.6 is 0 Å². The highest BCUT2D eigenvalue weighted by molar-refractivity contribution is 5.76. The largest absolute Gasteiger partial charge is 0.396 e. The molecule has 0 aromatic heterocycles. The topological polar surface area (TPSA) is 59.0 Å². The Kier molecular flexibility index (Phi) is 11.4. The maximum atomic E-state index is 11.9. The zero-order chi connectivity index (χ0) is 12.9. The van der Waals surface area contributed by atoms with Crippen molar-refractivity contribution >= 4 is 5.91 Å². The molecule has 5 nitrogen and oxygen atoms in total. The van der Waals surface area contributed by atoms with Gasteiger partial charge in [0.15, 0.2) is 0 Å². The predicted molar refractivity (Wildman–Crippen MR) is 65.9 cm³/mol. The van der Waals surface area contributed by atoms with Gasteiger partial charge in [-0.25, -0.2) is 0 Å². The normalized spacial score (nSPS) is 10.5. The van der Waals surface area contributed by atoms with Crippen molar-refractivity contribution in [2.24, 2.45) is 0 Å². The third-order valence-electron chi connectivity index (χ3n) is 2.49. The Balaban J connectivity index is 3.91. The van der Waals surface area contributed by atoms with E-state index < -0.39 is 0 Å². The van der Waals surface area contributed by atoms with Crippen LogP contribution in [0.3, 0.4) is 0 Å². The van der Waals surface area contributed by atoms with Crippen molar-refractivity contribution in [2.75, 3.05) is 47.1 Å². The van der Waals surface area contributed by atoms with Gasteiger partial charge >= 0.3 is 0 Å². The molecule has 0 rings (SSSR count). The van der Waals surface area contributed by atoms with Crippen LogP contribution < -0.4 is 0 Å². The van der Waals surface area contributed by atoms with E-state index in [1.807, 2.05) is 0 Å². The molecule has 0 aromatic rings. The van der Waals surface area contributed by atoms with Gasteiger partial charge in [0.05, 0.1) is 6.61 Å². The number of ether oxygens (including phenoxy) is 2. The minimum Gasteiger partial charge on any atom is -0.396 e. The van der Waals surface area contributed by atoms with E-state index in [0.29, 0.717) is 39.1 Å². The molecular formula is C12H25NO4.